The fourth-order valence-electron chi connectivity index (χ4n) is 3.05. The highest BCUT2D eigenvalue weighted by molar-refractivity contribution is 7.86. The highest BCUT2D eigenvalue weighted by atomic mass is 32.2. The molecule has 2 heterocycles. The van der Waals surface area contributed by atoms with Crippen molar-refractivity contribution in [1.82, 2.24) is 13.9 Å². The van der Waals surface area contributed by atoms with Crippen LogP contribution in [0.5, 0.6) is 0 Å². The third kappa shape index (κ3) is 2.84. The summed E-state index contributed by atoms with van der Waals surface area (Å²) in [6.07, 6.45) is 6.41. The van der Waals surface area contributed by atoms with Crippen LogP contribution in [0, 0.1) is 0 Å². The Morgan fingerprint density at radius 3 is 2.30 bits per heavy atom. The Kier molecular flexibility index (Phi) is 4.01. The molecule has 0 spiro atoms. The Morgan fingerprint density at radius 1 is 0.950 bits per heavy atom. The van der Waals surface area contributed by atoms with E-state index < -0.39 is 16.3 Å². The minimum absolute atomic E-state index is 0.106. The zero-order chi connectivity index (χ0) is 14.2. The number of carbonyl (C=O) groups is 1. The third-order valence-corrected chi connectivity index (χ3v) is 6.42. The van der Waals surface area contributed by atoms with E-state index in [9.17, 15) is 13.2 Å². The summed E-state index contributed by atoms with van der Waals surface area (Å²) in [7, 11) is -3.47. The first kappa shape index (κ1) is 14.3. The Labute approximate surface area is 120 Å². The second-order valence-corrected chi connectivity index (χ2v) is 7.90. The highest BCUT2D eigenvalue weighted by Gasteiger charge is 2.42. The van der Waals surface area contributed by atoms with Crippen molar-refractivity contribution >= 4 is 16.1 Å². The van der Waals surface area contributed by atoms with Gasteiger partial charge in [-0.3, -0.25) is 4.79 Å². The summed E-state index contributed by atoms with van der Waals surface area (Å²) >= 11 is 0. The van der Waals surface area contributed by atoms with E-state index in [1.807, 2.05) is 0 Å². The average molecular weight is 301 g/mol. The van der Waals surface area contributed by atoms with Gasteiger partial charge in [0, 0.05) is 25.7 Å². The number of rotatable bonds is 4. The summed E-state index contributed by atoms with van der Waals surface area (Å²) in [5.74, 6) is -0.106. The monoisotopic (exact) mass is 301 g/mol. The van der Waals surface area contributed by atoms with Crippen LogP contribution in [0.1, 0.15) is 44.9 Å². The van der Waals surface area contributed by atoms with Crippen molar-refractivity contribution in [1.29, 1.82) is 0 Å². The molecular weight excluding hydrogens is 278 g/mol. The summed E-state index contributed by atoms with van der Waals surface area (Å²) in [6, 6.07) is -0.217. The molecule has 0 aromatic carbocycles. The van der Waals surface area contributed by atoms with E-state index in [-0.39, 0.29) is 11.9 Å². The van der Waals surface area contributed by atoms with Crippen LogP contribution >= 0.6 is 0 Å². The van der Waals surface area contributed by atoms with Crippen LogP contribution in [0.25, 0.3) is 0 Å². The molecule has 1 amide bonds. The number of nitrogens with zero attached hydrogens (tertiary/aromatic N) is 2. The normalized spacial score (nSPS) is 29.5. The number of piperidine rings is 1. The molecule has 20 heavy (non-hydrogen) atoms. The summed E-state index contributed by atoms with van der Waals surface area (Å²) in [5.41, 5.74) is 0. The highest BCUT2D eigenvalue weighted by Crippen LogP contribution is 2.27. The predicted molar refractivity (Wildman–Crippen MR) is 75.2 cm³/mol. The van der Waals surface area contributed by atoms with Gasteiger partial charge in [0.05, 0.1) is 0 Å². The van der Waals surface area contributed by atoms with Crippen LogP contribution in [0.3, 0.4) is 0 Å². The number of hydrogen-bond donors (Lipinski definition) is 1. The molecule has 1 atom stereocenters. The van der Waals surface area contributed by atoms with Crippen LogP contribution in [-0.2, 0) is 15.0 Å². The maximum absolute atomic E-state index is 12.7. The SMILES string of the molecule is O=C(NC1CC1)[C@H]1CCCN1S(=O)(=O)N1CCCCC1. The van der Waals surface area contributed by atoms with Crippen molar-refractivity contribution in [3.63, 3.8) is 0 Å². The zero-order valence-corrected chi connectivity index (χ0v) is 12.6. The average Bonchev–Trinajstić information content (AvgIpc) is 3.11. The lowest BCUT2D eigenvalue weighted by Gasteiger charge is -2.32. The fraction of sp³-hybridized carbons (Fsp3) is 0.923. The lowest BCUT2D eigenvalue weighted by atomic mass is 10.2. The molecule has 1 N–H and O–H groups in total. The van der Waals surface area contributed by atoms with Crippen LogP contribution in [0.15, 0.2) is 0 Å². The Balaban J connectivity index is 1.71. The van der Waals surface area contributed by atoms with E-state index in [1.165, 1.54) is 4.31 Å². The molecule has 3 aliphatic rings. The molecule has 2 saturated heterocycles. The maximum Gasteiger partial charge on any atom is 0.282 e. The van der Waals surface area contributed by atoms with Crippen molar-refractivity contribution in [2.45, 2.75) is 57.0 Å². The second-order valence-electron chi connectivity index (χ2n) is 6.02. The van der Waals surface area contributed by atoms with Crippen molar-refractivity contribution in [3.05, 3.63) is 0 Å². The Hall–Kier alpha value is -0.660. The number of carbonyl (C=O) groups excluding carboxylic acids is 1. The largest absolute Gasteiger partial charge is 0.352 e. The van der Waals surface area contributed by atoms with Crippen LogP contribution < -0.4 is 5.32 Å². The minimum atomic E-state index is -3.47. The predicted octanol–water partition coefficient (Wildman–Crippen LogP) is 0.460. The molecule has 114 valence electrons. The molecule has 0 aromatic rings. The van der Waals surface area contributed by atoms with Crippen LogP contribution in [0.2, 0.25) is 0 Å². The van der Waals surface area contributed by atoms with Gasteiger partial charge in [-0.15, -0.1) is 0 Å². The molecule has 0 radical (unpaired) electrons. The lowest BCUT2D eigenvalue weighted by molar-refractivity contribution is -0.124. The molecule has 6 nitrogen and oxygen atoms in total. The van der Waals surface area contributed by atoms with Gasteiger partial charge in [-0.25, -0.2) is 0 Å². The molecular formula is C13H23N3O3S. The van der Waals surface area contributed by atoms with Gasteiger partial charge < -0.3 is 5.32 Å². The van der Waals surface area contributed by atoms with Gasteiger partial charge in [0.25, 0.3) is 10.2 Å². The molecule has 3 fully saturated rings. The number of hydrogen-bond acceptors (Lipinski definition) is 3. The van der Waals surface area contributed by atoms with Crippen molar-refractivity contribution in [3.8, 4) is 0 Å². The summed E-state index contributed by atoms with van der Waals surface area (Å²) in [5, 5.41) is 2.94. The van der Waals surface area contributed by atoms with E-state index >= 15 is 0 Å². The first-order chi connectivity index (χ1) is 9.59. The van der Waals surface area contributed by atoms with E-state index in [2.05, 4.69) is 5.32 Å². The zero-order valence-electron chi connectivity index (χ0n) is 11.8. The standard InChI is InChI=1S/C13H23N3O3S/c17-13(14-11-6-7-11)12-5-4-10-16(12)20(18,19)15-8-2-1-3-9-15/h11-12H,1-10H2,(H,14,17)/t12-/m1/s1. The molecule has 0 bridgehead atoms. The van der Waals surface area contributed by atoms with Crippen molar-refractivity contribution in [2.24, 2.45) is 0 Å². The Morgan fingerprint density at radius 2 is 1.65 bits per heavy atom. The van der Waals surface area contributed by atoms with Gasteiger partial charge in [-0.2, -0.15) is 17.0 Å². The van der Waals surface area contributed by atoms with Gasteiger partial charge in [0.15, 0.2) is 0 Å². The van der Waals surface area contributed by atoms with Gasteiger partial charge in [-0.05, 0) is 38.5 Å². The minimum Gasteiger partial charge on any atom is -0.352 e. The van der Waals surface area contributed by atoms with Gasteiger partial charge >= 0.3 is 0 Å². The van der Waals surface area contributed by atoms with Gasteiger partial charge in [0.1, 0.15) is 6.04 Å². The summed E-state index contributed by atoms with van der Waals surface area (Å²) < 4.78 is 28.3. The quantitative estimate of drug-likeness (QED) is 0.820. The Bertz CT molecular complexity index is 469. The molecule has 1 aliphatic carbocycles. The van der Waals surface area contributed by atoms with E-state index in [0.29, 0.717) is 26.1 Å². The number of amides is 1. The van der Waals surface area contributed by atoms with E-state index in [4.69, 9.17) is 0 Å². The van der Waals surface area contributed by atoms with E-state index in [1.54, 1.807) is 4.31 Å². The lowest BCUT2D eigenvalue weighted by Crippen LogP contribution is -2.52. The summed E-state index contributed by atoms with van der Waals surface area (Å²) in [6.45, 7) is 1.66. The molecule has 7 heteroatoms. The first-order valence-corrected chi connectivity index (χ1v) is 9.06. The maximum atomic E-state index is 12.7. The third-order valence-electron chi connectivity index (χ3n) is 4.37. The fourth-order valence-corrected chi connectivity index (χ4v) is 4.95. The molecule has 2 aliphatic heterocycles. The molecule has 0 unspecified atom stereocenters. The van der Waals surface area contributed by atoms with Gasteiger partial charge in [-0.1, -0.05) is 6.42 Å². The molecule has 1 saturated carbocycles. The van der Waals surface area contributed by atoms with E-state index in [0.717, 1.165) is 38.5 Å². The van der Waals surface area contributed by atoms with Crippen LogP contribution in [-0.4, -0.2) is 54.7 Å². The van der Waals surface area contributed by atoms with Crippen molar-refractivity contribution in [2.75, 3.05) is 19.6 Å². The second kappa shape index (κ2) is 5.61. The van der Waals surface area contributed by atoms with Gasteiger partial charge in [0.2, 0.25) is 5.91 Å². The topological polar surface area (TPSA) is 69.7 Å². The first-order valence-electron chi connectivity index (χ1n) is 7.66. The molecule has 3 rings (SSSR count). The number of nitrogens with one attached hydrogen (secondary N) is 1. The van der Waals surface area contributed by atoms with Crippen molar-refractivity contribution < 1.29 is 13.2 Å². The molecule has 0 aromatic heterocycles. The smallest absolute Gasteiger partial charge is 0.282 e. The van der Waals surface area contributed by atoms with Crippen LogP contribution in [0.4, 0.5) is 0 Å². The summed E-state index contributed by atoms with van der Waals surface area (Å²) in [4.78, 5) is 12.2.